The first kappa shape index (κ1) is 16.6. The number of aryl methyl sites for hydroxylation is 1. The first-order valence-corrected chi connectivity index (χ1v) is 7.97. The topological polar surface area (TPSA) is 81.9 Å². The fourth-order valence-electron chi connectivity index (χ4n) is 2.34. The lowest BCUT2D eigenvalue weighted by molar-refractivity contribution is -0.123. The first-order chi connectivity index (χ1) is 12.2. The van der Waals surface area contributed by atoms with E-state index in [9.17, 15) is 4.79 Å². The van der Waals surface area contributed by atoms with Crippen LogP contribution in [0.2, 0.25) is 0 Å². The molecule has 1 amide bonds. The molecule has 0 aliphatic heterocycles. The number of carbonyl (C=O) groups excluding carboxylic acids is 1. The summed E-state index contributed by atoms with van der Waals surface area (Å²) >= 11 is 0. The van der Waals surface area contributed by atoms with Gasteiger partial charge in [-0.05, 0) is 24.6 Å². The SMILES string of the molecule is Cc1ccccc1OCC(=O)NCCn1ccnc1-c1ncccn1. The van der Waals surface area contributed by atoms with Gasteiger partial charge >= 0.3 is 0 Å². The molecule has 2 heterocycles. The van der Waals surface area contributed by atoms with Crippen molar-refractivity contribution >= 4 is 5.91 Å². The van der Waals surface area contributed by atoms with Crippen molar-refractivity contribution in [1.82, 2.24) is 24.8 Å². The molecule has 0 spiro atoms. The normalized spacial score (nSPS) is 10.4. The molecular formula is C18H19N5O2. The largest absolute Gasteiger partial charge is 0.484 e. The van der Waals surface area contributed by atoms with Gasteiger partial charge in [0.25, 0.3) is 5.91 Å². The van der Waals surface area contributed by atoms with Gasteiger partial charge in [-0.2, -0.15) is 0 Å². The van der Waals surface area contributed by atoms with E-state index in [2.05, 4.69) is 20.3 Å². The molecule has 128 valence electrons. The molecule has 0 saturated carbocycles. The number of para-hydroxylation sites is 1. The van der Waals surface area contributed by atoms with Crippen LogP contribution in [0.1, 0.15) is 5.56 Å². The molecule has 0 fully saturated rings. The Morgan fingerprint density at radius 2 is 1.92 bits per heavy atom. The maximum Gasteiger partial charge on any atom is 0.258 e. The predicted molar refractivity (Wildman–Crippen MR) is 92.9 cm³/mol. The maximum absolute atomic E-state index is 11.9. The summed E-state index contributed by atoms with van der Waals surface area (Å²) in [6.07, 6.45) is 6.87. The van der Waals surface area contributed by atoms with E-state index in [0.717, 1.165) is 11.3 Å². The van der Waals surface area contributed by atoms with E-state index >= 15 is 0 Å². The molecule has 3 aromatic rings. The van der Waals surface area contributed by atoms with Crippen LogP contribution >= 0.6 is 0 Å². The summed E-state index contributed by atoms with van der Waals surface area (Å²) < 4.78 is 7.43. The number of carbonyl (C=O) groups is 1. The zero-order valence-corrected chi connectivity index (χ0v) is 13.9. The fourth-order valence-corrected chi connectivity index (χ4v) is 2.34. The van der Waals surface area contributed by atoms with Crippen molar-refractivity contribution in [2.45, 2.75) is 13.5 Å². The molecule has 25 heavy (non-hydrogen) atoms. The average molecular weight is 337 g/mol. The summed E-state index contributed by atoms with van der Waals surface area (Å²) in [7, 11) is 0. The van der Waals surface area contributed by atoms with Gasteiger partial charge in [0.15, 0.2) is 18.3 Å². The second-order valence-corrected chi connectivity index (χ2v) is 5.42. The van der Waals surface area contributed by atoms with E-state index in [1.165, 1.54) is 0 Å². The van der Waals surface area contributed by atoms with Gasteiger partial charge in [0.05, 0.1) is 0 Å². The Labute approximate surface area is 145 Å². The van der Waals surface area contributed by atoms with Gasteiger partial charge in [0.1, 0.15) is 5.75 Å². The van der Waals surface area contributed by atoms with Crippen LogP contribution in [0.25, 0.3) is 11.6 Å². The molecule has 0 aliphatic rings. The molecule has 0 bridgehead atoms. The minimum Gasteiger partial charge on any atom is -0.484 e. The van der Waals surface area contributed by atoms with Crippen molar-refractivity contribution < 1.29 is 9.53 Å². The lowest BCUT2D eigenvalue weighted by Gasteiger charge is -2.10. The van der Waals surface area contributed by atoms with Crippen LogP contribution < -0.4 is 10.1 Å². The average Bonchev–Trinajstić information content (AvgIpc) is 3.10. The van der Waals surface area contributed by atoms with E-state index in [0.29, 0.717) is 24.7 Å². The third-order valence-electron chi connectivity index (χ3n) is 3.61. The standard InChI is InChI=1S/C18H19N5O2/c1-14-5-2-3-6-15(14)25-13-16(24)19-9-11-23-12-10-22-18(23)17-20-7-4-8-21-17/h2-8,10,12H,9,11,13H2,1H3,(H,19,24). The molecule has 0 unspecified atom stereocenters. The Kier molecular flexibility index (Phi) is 5.36. The maximum atomic E-state index is 11.9. The lowest BCUT2D eigenvalue weighted by Crippen LogP contribution is -2.31. The van der Waals surface area contributed by atoms with Crippen LogP contribution in [0.3, 0.4) is 0 Å². The molecule has 3 rings (SSSR count). The van der Waals surface area contributed by atoms with Gasteiger partial charge in [-0.1, -0.05) is 18.2 Å². The van der Waals surface area contributed by atoms with Crippen LogP contribution in [-0.2, 0) is 11.3 Å². The van der Waals surface area contributed by atoms with Crippen LogP contribution in [0.4, 0.5) is 0 Å². The number of benzene rings is 1. The third-order valence-corrected chi connectivity index (χ3v) is 3.61. The molecular weight excluding hydrogens is 318 g/mol. The first-order valence-electron chi connectivity index (χ1n) is 7.97. The van der Waals surface area contributed by atoms with E-state index < -0.39 is 0 Å². The van der Waals surface area contributed by atoms with E-state index in [1.807, 2.05) is 42.0 Å². The van der Waals surface area contributed by atoms with Gasteiger partial charge in [-0.25, -0.2) is 15.0 Å². The van der Waals surface area contributed by atoms with Crippen molar-refractivity contribution in [2.75, 3.05) is 13.2 Å². The zero-order chi connectivity index (χ0) is 17.5. The molecule has 1 aromatic carbocycles. The number of rotatable bonds is 7. The number of hydrogen-bond donors (Lipinski definition) is 1. The number of aromatic nitrogens is 4. The Morgan fingerprint density at radius 1 is 1.12 bits per heavy atom. The van der Waals surface area contributed by atoms with Crippen molar-refractivity contribution in [2.24, 2.45) is 0 Å². The van der Waals surface area contributed by atoms with E-state index in [-0.39, 0.29) is 12.5 Å². The molecule has 0 radical (unpaired) electrons. The van der Waals surface area contributed by atoms with Crippen LogP contribution in [0, 0.1) is 6.92 Å². The van der Waals surface area contributed by atoms with Crippen molar-refractivity contribution in [3.8, 4) is 17.4 Å². The van der Waals surface area contributed by atoms with Crippen molar-refractivity contribution in [3.63, 3.8) is 0 Å². The van der Waals surface area contributed by atoms with Crippen molar-refractivity contribution in [3.05, 3.63) is 60.7 Å². The summed E-state index contributed by atoms with van der Waals surface area (Å²) in [6.45, 7) is 2.97. The highest BCUT2D eigenvalue weighted by Gasteiger charge is 2.09. The predicted octanol–water partition coefficient (Wildman–Crippen LogP) is 1.84. The van der Waals surface area contributed by atoms with Crippen LogP contribution in [0.15, 0.2) is 55.1 Å². The highest BCUT2D eigenvalue weighted by Crippen LogP contribution is 2.15. The zero-order valence-electron chi connectivity index (χ0n) is 13.9. The van der Waals surface area contributed by atoms with Crippen LogP contribution in [0.5, 0.6) is 5.75 Å². The molecule has 0 atom stereocenters. The summed E-state index contributed by atoms with van der Waals surface area (Å²) in [5, 5.41) is 2.84. The number of ether oxygens (including phenoxy) is 1. The number of nitrogens with zero attached hydrogens (tertiary/aromatic N) is 4. The van der Waals surface area contributed by atoms with Gasteiger partial charge < -0.3 is 14.6 Å². The highest BCUT2D eigenvalue weighted by atomic mass is 16.5. The van der Waals surface area contributed by atoms with Crippen molar-refractivity contribution in [1.29, 1.82) is 0 Å². The molecule has 0 aliphatic carbocycles. The molecule has 7 nitrogen and oxygen atoms in total. The molecule has 2 aromatic heterocycles. The highest BCUT2D eigenvalue weighted by molar-refractivity contribution is 5.77. The molecule has 0 saturated heterocycles. The Hall–Kier alpha value is -3.22. The summed E-state index contributed by atoms with van der Waals surface area (Å²) in [5.41, 5.74) is 1.00. The van der Waals surface area contributed by atoms with Gasteiger partial charge in [-0.3, -0.25) is 4.79 Å². The summed E-state index contributed by atoms with van der Waals surface area (Å²) in [6, 6.07) is 9.36. The van der Waals surface area contributed by atoms with E-state index in [1.54, 1.807) is 24.7 Å². The minimum absolute atomic E-state index is 0.0105. The Balaban J connectivity index is 1.48. The third kappa shape index (κ3) is 4.41. The summed E-state index contributed by atoms with van der Waals surface area (Å²) in [5.74, 6) is 1.78. The van der Waals surface area contributed by atoms with Crippen LogP contribution in [-0.4, -0.2) is 38.6 Å². The monoisotopic (exact) mass is 337 g/mol. The van der Waals surface area contributed by atoms with Gasteiger partial charge in [0, 0.05) is 37.9 Å². The minimum atomic E-state index is -0.166. The smallest absolute Gasteiger partial charge is 0.258 e. The number of hydrogen-bond acceptors (Lipinski definition) is 5. The Morgan fingerprint density at radius 3 is 2.72 bits per heavy atom. The lowest BCUT2D eigenvalue weighted by atomic mass is 10.2. The van der Waals surface area contributed by atoms with E-state index in [4.69, 9.17) is 4.74 Å². The summed E-state index contributed by atoms with van der Waals surface area (Å²) in [4.78, 5) is 24.6. The molecule has 1 N–H and O–H groups in total. The number of amides is 1. The molecule has 7 heteroatoms. The quantitative estimate of drug-likeness (QED) is 0.711. The number of nitrogens with one attached hydrogen (secondary N) is 1. The fraction of sp³-hybridized carbons (Fsp3) is 0.222. The number of imidazole rings is 1. The second kappa shape index (κ2) is 8.05. The van der Waals surface area contributed by atoms with Gasteiger partial charge in [0.2, 0.25) is 0 Å². The Bertz CT molecular complexity index is 832. The van der Waals surface area contributed by atoms with Gasteiger partial charge in [-0.15, -0.1) is 0 Å². The second-order valence-electron chi connectivity index (χ2n) is 5.42.